The molecule has 1 rings (SSSR count). The molecule has 1 heteroatoms. The predicted octanol–water partition coefficient (Wildman–Crippen LogP) is 2.38. The molecule has 0 atom stereocenters. The zero-order chi connectivity index (χ0) is 8.97. The van der Waals surface area contributed by atoms with Gasteiger partial charge in [-0.15, -0.1) is 0 Å². The van der Waals surface area contributed by atoms with Crippen LogP contribution < -0.4 is 0 Å². The molecule has 1 aliphatic rings. The molecule has 0 saturated carbocycles. The number of nitrogens with zero attached hydrogens (tertiary/aromatic N) is 1. The van der Waals surface area contributed by atoms with E-state index in [1.807, 2.05) is 12.2 Å². The minimum absolute atomic E-state index is 1.08. The van der Waals surface area contributed by atoms with Crippen LogP contribution in [0.4, 0.5) is 0 Å². The maximum atomic E-state index is 3.67. The Hall–Kier alpha value is -0.820. The van der Waals surface area contributed by atoms with E-state index in [1.54, 1.807) is 0 Å². The third kappa shape index (κ3) is 2.35. The Morgan fingerprint density at radius 1 is 1.50 bits per heavy atom. The van der Waals surface area contributed by atoms with Crippen LogP contribution in [-0.4, -0.2) is 25.0 Å². The summed E-state index contributed by atoms with van der Waals surface area (Å²) in [5.74, 6) is 0. The van der Waals surface area contributed by atoms with Crippen LogP contribution in [0, 0.1) is 0 Å². The van der Waals surface area contributed by atoms with Crippen molar-refractivity contribution in [3.63, 3.8) is 0 Å². The second kappa shape index (κ2) is 4.27. The minimum atomic E-state index is 1.08. The van der Waals surface area contributed by atoms with E-state index in [1.165, 1.54) is 24.1 Å². The molecule has 0 fully saturated rings. The Labute approximate surface area is 75.1 Å². The fraction of sp³-hybridized carbons (Fsp3) is 0.455. The largest absolute Gasteiger partial charge is 0.302 e. The van der Waals surface area contributed by atoms with Crippen LogP contribution in [0.1, 0.15) is 13.3 Å². The Kier molecular flexibility index (Phi) is 3.30. The molecule has 1 nitrogen and oxygen atoms in total. The number of rotatable bonds is 2. The van der Waals surface area contributed by atoms with Gasteiger partial charge in [-0.05, 0) is 26.0 Å². The van der Waals surface area contributed by atoms with E-state index in [0.717, 1.165) is 6.54 Å². The van der Waals surface area contributed by atoms with E-state index < -0.39 is 0 Å². The van der Waals surface area contributed by atoms with E-state index in [0.29, 0.717) is 0 Å². The molecule has 12 heavy (non-hydrogen) atoms. The fourth-order valence-electron chi connectivity index (χ4n) is 1.40. The first kappa shape index (κ1) is 9.27. The number of likely N-dealkylation sites (N-methyl/N-ethyl adjacent to an activating group) is 1. The van der Waals surface area contributed by atoms with E-state index in [9.17, 15) is 0 Å². The molecule has 0 saturated heterocycles. The van der Waals surface area contributed by atoms with Crippen molar-refractivity contribution < 1.29 is 0 Å². The Morgan fingerprint density at radius 3 is 2.92 bits per heavy atom. The van der Waals surface area contributed by atoms with Gasteiger partial charge in [-0.2, -0.15) is 0 Å². The van der Waals surface area contributed by atoms with Gasteiger partial charge in [0, 0.05) is 13.1 Å². The summed E-state index contributed by atoms with van der Waals surface area (Å²) in [6, 6.07) is 0. The second-order valence-corrected chi connectivity index (χ2v) is 3.39. The maximum absolute atomic E-state index is 3.67. The van der Waals surface area contributed by atoms with Gasteiger partial charge in [-0.25, -0.2) is 0 Å². The Balaban J connectivity index is 2.70. The first-order chi connectivity index (χ1) is 5.74. The predicted molar refractivity (Wildman–Crippen MR) is 54.2 cm³/mol. The molecular formula is C11H17N. The Morgan fingerprint density at radius 2 is 2.25 bits per heavy atom. The lowest BCUT2D eigenvalue weighted by Gasteiger charge is -2.24. The van der Waals surface area contributed by atoms with Gasteiger partial charge in [-0.1, -0.05) is 30.4 Å². The summed E-state index contributed by atoms with van der Waals surface area (Å²) in [6.45, 7) is 8.16. The molecular weight excluding hydrogens is 146 g/mol. The van der Waals surface area contributed by atoms with Gasteiger partial charge >= 0.3 is 0 Å². The van der Waals surface area contributed by atoms with Crippen molar-refractivity contribution in [3.8, 4) is 0 Å². The van der Waals surface area contributed by atoms with Crippen molar-refractivity contribution in [1.82, 2.24) is 4.90 Å². The first-order valence-electron chi connectivity index (χ1n) is 4.40. The molecule has 0 amide bonds. The number of hydrogen-bond donors (Lipinski definition) is 0. The van der Waals surface area contributed by atoms with Crippen LogP contribution in [-0.2, 0) is 0 Å². The van der Waals surface area contributed by atoms with Crippen molar-refractivity contribution in [2.75, 3.05) is 20.1 Å². The van der Waals surface area contributed by atoms with Crippen LogP contribution in [0.15, 0.2) is 36.0 Å². The lowest BCUT2D eigenvalue weighted by atomic mass is 10.0. The van der Waals surface area contributed by atoms with Gasteiger partial charge in [0.15, 0.2) is 0 Å². The topological polar surface area (TPSA) is 3.24 Å². The summed E-state index contributed by atoms with van der Waals surface area (Å²) in [5, 5.41) is 0. The van der Waals surface area contributed by atoms with Crippen LogP contribution >= 0.6 is 0 Å². The van der Waals surface area contributed by atoms with E-state index in [4.69, 9.17) is 0 Å². The molecule has 1 heterocycles. The summed E-state index contributed by atoms with van der Waals surface area (Å²) in [7, 11) is 2.16. The lowest BCUT2D eigenvalue weighted by Crippen LogP contribution is -2.26. The molecule has 1 aliphatic heterocycles. The molecule has 0 aromatic heterocycles. The summed E-state index contributed by atoms with van der Waals surface area (Å²) in [5.41, 5.74) is 2.97. The molecule has 0 bridgehead atoms. The van der Waals surface area contributed by atoms with Crippen molar-refractivity contribution in [1.29, 1.82) is 0 Å². The highest BCUT2D eigenvalue weighted by Gasteiger charge is 2.09. The molecule has 66 valence electrons. The van der Waals surface area contributed by atoms with Gasteiger partial charge in [0.2, 0.25) is 0 Å². The van der Waals surface area contributed by atoms with E-state index >= 15 is 0 Å². The lowest BCUT2D eigenvalue weighted by molar-refractivity contribution is 0.351. The van der Waals surface area contributed by atoms with Crippen LogP contribution in [0.5, 0.6) is 0 Å². The normalized spacial score (nSPS) is 20.5. The van der Waals surface area contributed by atoms with Crippen molar-refractivity contribution in [2.45, 2.75) is 13.3 Å². The number of allylic oxidation sites excluding steroid dienone is 2. The molecule has 0 aromatic carbocycles. The highest BCUT2D eigenvalue weighted by molar-refractivity contribution is 5.29. The molecule has 0 unspecified atom stereocenters. The Bertz CT molecular complexity index is 223. The van der Waals surface area contributed by atoms with Crippen molar-refractivity contribution in [2.24, 2.45) is 0 Å². The van der Waals surface area contributed by atoms with Gasteiger partial charge in [0.1, 0.15) is 0 Å². The zero-order valence-corrected chi connectivity index (χ0v) is 8.01. The van der Waals surface area contributed by atoms with E-state index in [2.05, 4.69) is 31.5 Å². The summed E-state index contributed by atoms with van der Waals surface area (Å²) >= 11 is 0. The smallest absolute Gasteiger partial charge is 0.0230 e. The van der Waals surface area contributed by atoms with Gasteiger partial charge in [0.05, 0.1) is 0 Å². The van der Waals surface area contributed by atoms with Crippen LogP contribution in [0.2, 0.25) is 0 Å². The number of hydrogen-bond acceptors (Lipinski definition) is 1. The van der Waals surface area contributed by atoms with Gasteiger partial charge in [-0.3, -0.25) is 0 Å². The molecule has 0 spiro atoms. The highest BCUT2D eigenvalue weighted by atomic mass is 15.1. The third-order valence-electron chi connectivity index (χ3n) is 2.29. The van der Waals surface area contributed by atoms with Crippen LogP contribution in [0.25, 0.3) is 0 Å². The molecule has 0 aromatic rings. The maximum Gasteiger partial charge on any atom is 0.0230 e. The second-order valence-electron chi connectivity index (χ2n) is 3.39. The van der Waals surface area contributed by atoms with Gasteiger partial charge in [0.25, 0.3) is 0 Å². The zero-order valence-electron chi connectivity index (χ0n) is 8.01. The third-order valence-corrected chi connectivity index (χ3v) is 2.29. The van der Waals surface area contributed by atoms with Crippen molar-refractivity contribution >= 4 is 0 Å². The average molecular weight is 163 g/mol. The average Bonchev–Trinajstić information content (AvgIpc) is 2.07. The molecule has 0 aliphatic carbocycles. The molecule has 0 radical (unpaired) electrons. The summed E-state index contributed by atoms with van der Waals surface area (Å²) in [6.07, 6.45) is 7.21. The van der Waals surface area contributed by atoms with Gasteiger partial charge < -0.3 is 4.90 Å². The van der Waals surface area contributed by atoms with Crippen LogP contribution in [0.3, 0.4) is 0 Å². The monoisotopic (exact) mass is 163 g/mol. The standard InChI is InChI=1S/C11H17N/c1-4-5-6-11-9-12(3)8-7-10(11)2/h4-6H,1,7-9H2,2-3H3/b6-5-. The fourth-order valence-corrected chi connectivity index (χ4v) is 1.40. The first-order valence-corrected chi connectivity index (χ1v) is 4.40. The van der Waals surface area contributed by atoms with E-state index in [-0.39, 0.29) is 0 Å². The SMILES string of the molecule is C=C/C=C\C1=C(C)CCN(C)C1. The summed E-state index contributed by atoms with van der Waals surface area (Å²) in [4.78, 5) is 2.34. The van der Waals surface area contributed by atoms with Crippen molar-refractivity contribution in [3.05, 3.63) is 36.0 Å². The minimum Gasteiger partial charge on any atom is -0.302 e. The quantitative estimate of drug-likeness (QED) is 0.565. The highest BCUT2D eigenvalue weighted by Crippen LogP contribution is 2.16. The molecule has 0 N–H and O–H groups in total. The summed E-state index contributed by atoms with van der Waals surface area (Å²) < 4.78 is 0.